The van der Waals surface area contributed by atoms with Crippen molar-refractivity contribution in [3.05, 3.63) is 81.7 Å². The van der Waals surface area contributed by atoms with Crippen LogP contribution >= 0.6 is 0 Å². The molecule has 0 saturated carbocycles. The van der Waals surface area contributed by atoms with E-state index in [0.29, 0.717) is 19.6 Å². The molecule has 1 amide bonds. The summed E-state index contributed by atoms with van der Waals surface area (Å²) in [6.07, 6.45) is 3.18. The average molecular weight is 433 g/mol. The second-order valence-corrected chi connectivity index (χ2v) is 7.63. The Morgan fingerprint density at radius 3 is 2.41 bits per heavy atom. The molecule has 3 aromatic rings. The Balaban J connectivity index is 1.31. The van der Waals surface area contributed by atoms with Crippen molar-refractivity contribution in [3.8, 4) is 5.69 Å². The highest BCUT2D eigenvalue weighted by Crippen LogP contribution is 2.14. The zero-order chi connectivity index (χ0) is 22.5. The molecule has 1 fully saturated rings. The van der Waals surface area contributed by atoms with Crippen molar-refractivity contribution in [1.29, 1.82) is 0 Å². The van der Waals surface area contributed by atoms with Crippen LogP contribution in [0, 0.1) is 17.0 Å². The zero-order valence-electron chi connectivity index (χ0n) is 17.7. The van der Waals surface area contributed by atoms with E-state index in [0.717, 1.165) is 30.2 Å². The van der Waals surface area contributed by atoms with Crippen molar-refractivity contribution in [2.75, 3.05) is 26.2 Å². The first-order valence-corrected chi connectivity index (χ1v) is 10.3. The number of carbonyl (C=O) groups is 1. The number of tetrazole rings is 1. The van der Waals surface area contributed by atoms with E-state index in [1.165, 1.54) is 23.8 Å². The SMILES string of the molecule is Cc1ccc(-n2nnnc2CN2CCN(C(=O)/C=C\c3ccc([N+](=O)[O-])cc3)CC2)cc1. The van der Waals surface area contributed by atoms with Crippen LogP contribution in [0.4, 0.5) is 5.69 Å². The molecule has 0 radical (unpaired) electrons. The molecule has 0 bridgehead atoms. The first-order chi connectivity index (χ1) is 15.5. The van der Waals surface area contributed by atoms with Gasteiger partial charge in [0, 0.05) is 44.4 Å². The number of nitro groups is 1. The average Bonchev–Trinajstić information content (AvgIpc) is 3.27. The zero-order valence-corrected chi connectivity index (χ0v) is 17.7. The van der Waals surface area contributed by atoms with E-state index in [4.69, 9.17) is 0 Å². The molecule has 10 nitrogen and oxygen atoms in total. The number of piperazine rings is 1. The smallest absolute Gasteiger partial charge is 0.269 e. The minimum atomic E-state index is -0.447. The third-order valence-electron chi connectivity index (χ3n) is 5.38. The van der Waals surface area contributed by atoms with E-state index < -0.39 is 4.92 Å². The van der Waals surface area contributed by atoms with Crippen LogP contribution in [-0.2, 0) is 11.3 Å². The van der Waals surface area contributed by atoms with E-state index in [-0.39, 0.29) is 11.6 Å². The Hall–Kier alpha value is -3.92. The largest absolute Gasteiger partial charge is 0.337 e. The van der Waals surface area contributed by atoms with Crippen molar-refractivity contribution in [2.45, 2.75) is 13.5 Å². The molecule has 4 rings (SSSR count). The maximum Gasteiger partial charge on any atom is 0.269 e. The van der Waals surface area contributed by atoms with Crippen LogP contribution in [0.25, 0.3) is 11.8 Å². The Morgan fingerprint density at radius 1 is 1.06 bits per heavy atom. The van der Waals surface area contributed by atoms with Crippen LogP contribution in [0.2, 0.25) is 0 Å². The van der Waals surface area contributed by atoms with Crippen molar-refractivity contribution < 1.29 is 9.72 Å². The summed E-state index contributed by atoms with van der Waals surface area (Å²) in [5, 5.41) is 22.8. The van der Waals surface area contributed by atoms with Crippen LogP contribution in [0.1, 0.15) is 17.0 Å². The molecule has 0 N–H and O–H groups in total. The maximum absolute atomic E-state index is 12.5. The highest BCUT2D eigenvalue weighted by molar-refractivity contribution is 5.91. The van der Waals surface area contributed by atoms with Crippen molar-refractivity contribution in [2.24, 2.45) is 0 Å². The van der Waals surface area contributed by atoms with Gasteiger partial charge in [-0.3, -0.25) is 19.8 Å². The lowest BCUT2D eigenvalue weighted by Gasteiger charge is -2.33. The summed E-state index contributed by atoms with van der Waals surface area (Å²) in [5.74, 6) is 0.680. The molecule has 0 aliphatic carbocycles. The Morgan fingerprint density at radius 2 is 1.75 bits per heavy atom. The number of carbonyl (C=O) groups excluding carboxylic acids is 1. The molecular weight excluding hydrogens is 410 g/mol. The van der Waals surface area contributed by atoms with Gasteiger partial charge in [0.05, 0.1) is 17.2 Å². The van der Waals surface area contributed by atoms with Gasteiger partial charge in [-0.1, -0.05) is 17.7 Å². The summed E-state index contributed by atoms with van der Waals surface area (Å²) >= 11 is 0. The third-order valence-corrected chi connectivity index (χ3v) is 5.38. The molecular formula is C22H23N7O3. The normalized spacial score (nSPS) is 14.7. The van der Waals surface area contributed by atoms with Crippen molar-refractivity contribution in [1.82, 2.24) is 30.0 Å². The monoisotopic (exact) mass is 433 g/mol. The molecule has 1 saturated heterocycles. The molecule has 32 heavy (non-hydrogen) atoms. The van der Waals surface area contributed by atoms with E-state index in [1.807, 2.05) is 31.2 Å². The minimum absolute atomic E-state index is 0.0259. The fourth-order valence-electron chi connectivity index (χ4n) is 3.50. The quantitative estimate of drug-likeness (QED) is 0.333. The van der Waals surface area contributed by atoms with Gasteiger partial charge in [0.1, 0.15) is 0 Å². The predicted octanol–water partition coefficient (Wildman–Crippen LogP) is 2.24. The molecule has 0 spiro atoms. The predicted molar refractivity (Wildman–Crippen MR) is 118 cm³/mol. The molecule has 2 heterocycles. The van der Waals surface area contributed by atoms with Gasteiger partial charge < -0.3 is 4.90 Å². The van der Waals surface area contributed by atoms with Crippen LogP contribution in [-0.4, -0.2) is 67.0 Å². The highest BCUT2D eigenvalue weighted by Gasteiger charge is 2.21. The number of non-ortho nitro benzene ring substituents is 1. The molecule has 0 unspecified atom stereocenters. The molecule has 1 aliphatic rings. The van der Waals surface area contributed by atoms with Gasteiger partial charge in [0.2, 0.25) is 5.91 Å². The van der Waals surface area contributed by atoms with E-state index in [1.54, 1.807) is 27.8 Å². The van der Waals surface area contributed by atoms with Gasteiger partial charge in [0.15, 0.2) is 5.82 Å². The fraction of sp³-hybridized carbons (Fsp3) is 0.273. The van der Waals surface area contributed by atoms with Crippen LogP contribution in [0.5, 0.6) is 0 Å². The topological polar surface area (TPSA) is 110 Å². The van der Waals surface area contributed by atoms with Crippen LogP contribution in [0.3, 0.4) is 0 Å². The molecule has 2 aromatic carbocycles. The number of rotatable bonds is 6. The Kier molecular flexibility index (Phi) is 6.31. The highest BCUT2D eigenvalue weighted by atomic mass is 16.6. The number of nitro benzene ring substituents is 1. The van der Waals surface area contributed by atoms with Crippen molar-refractivity contribution >= 4 is 17.7 Å². The van der Waals surface area contributed by atoms with E-state index in [2.05, 4.69) is 20.4 Å². The van der Waals surface area contributed by atoms with Crippen LogP contribution in [0.15, 0.2) is 54.6 Å². The summed E-state index contributed by atoms with van der Waals surface area (Å²) in [7, 11) is 0. The van der Waals surface area contributed by atoms with Gasteiger partial charge in [-0.25, -0.2) is 0 Å². The third kappa shape index (κ3) is 5.03. The lowest BCUT2D eigenvalue weighted by Crippen LogP contribution is -2.48. The Labute approximate surface area is 184 Å². The number of hydrogen-bond acceptors (Lipinski definition) is 7. The first kappa shape index (κ1) is 21.3. The van der Waals surface area contributed by atoms with Gasteiger partial charge in [-0.15, -0.1) is 5.10 Å². The van der Waals surface area contributed by atoms with Gasteiger partial charge in [-0.05, 0) is 53.3 Å². The van der Waals surface area contributed by atoms with E-state index in [9.17, 15) is 14.9 Å². The number of aromatic nitrogens is 4. The maximum atomic E-state index is 12.5. The summed E-state index contributed by atoms with van der Waals surface area (Å²) in [5.41, 5.74) is 2.86. The summed E-state index contributed by atoms with van der Waals surface area (Å²) in [4.78, 5) is 26.8. The standard InChI is InChI=1S/C22H23N7O3/c1-17-2-7-19(8-3-17)28-21(23-24-25-28)16-26-12-14-27(15-13-26)22(30)11-6-18-4-9-20(10-5-18)29(31)32/h2-11H,12-16H2,1H3/b11-6-. The second kappa shape index (κ2) is 9.48. The van der Waals surface area contributed by atoms with Gasteiger partial charge >= 0.3 is 0 Å². The van der Waals surface area contributed by atoms with Crippen molar-refractivity contribution in [3.63, 3.8) is 0 Å². The molecule has 10 heteroatoms. The molecule has 0 atom stereocenters. The molecule has 1 aliphatic heterocycles. The van der Waals surface area contributed by atoms with E-state index >= 15 is 0 Å². The summed E-state index contributed by atoms with van der Waals surface area (Å²) in [6, 6.07) is 14.1. The minimum Gasteiger partial charge on any atom is -0.337 e. The first-order valence-electron chi connectivity index (χ1n) is 10.3. The second-order valence-electron chi connectivity index (χ2n) is 7.63. The van der Waals surface area contributed by atoms with Gasteiger partial charge in [-0.2, -0.15) is 4.68 Å². The fourth-order valence-corrected chi connectivity index (χ4v) is 3.50. The lowest BCUT2D eigenvalue weighted by molar-refractivity contribution is -0.384. The number of amides is 1. The Bertz CT molecular complexity index is 1120. The number of nitrogens with zero attached hydrogens (tertiary/aromatic N) is 7. The number of benzene rings is 2. The number of hydrogen-bond donors (Lipinski definition) is 0. The molecule has 1 aromatic heterocycles. The summed E-state index contributed by atoms with van der Waals surface area (Å²) < 4.78 is 1.74. The summed E-state index contributed by atoms with van der Waals surface area (Å²) in [6.45, 7) is 5.29. The van der Waals surface area contributed by atoms with Crippen LogP contribution < -0.4 is 0 Å². The molecule has 164 valence electrons. The van der Waals surface area contributed by atoms with Gasteiger partial charge in [0.25, 0.3) is 5.69 Å². The number of aryl methyl sites for hydroxylation is 1. The lowest BCUT2D eigenvalue weighted by atomic mass is 10.2.